The van der Waals surface area contributed by atoms with Crippen LogP contribution >= 0.6 is 0 Å². The number of hydrogen-bond acceptors (Lipinski definition) is 5. The summed E-state index contributed by atoms with van der Waals surface area (Å²) in [6.07, 6.45) is 2.22. The first-order valence-electron chi connectivity index (χ1n) is 15.5. The lowest BCUT2D eigenvalue weighted by molar-refractivity contribution is -0.120. The van der Waals surface area contributed by atoms with Crippen molar-refractivity contribution >= 4 is 23.4 Å². The fourth-order valence-electron chi connectivity index (χ4n) is 6.06. The Morgan fingerprint density at radius 2 is 1.44 bits per heavy atom. The molecule has 0 aromatic heterocycles. The molecule has 4 aromatic carbocycles. The Hall–Kier alpha value is -4.66. The van der Waals surface area contributed by atoms with E-state index in [4.69, 9.17) is 10.5 Å². The largest absolute Gasteiger partial charge is 0.465 e. The van der Waals surface area contributed by atoms with Crippen LogP contribution in [0.4, 0.5) is 16.2 Å². The molecule has 0 saturated carbocycles. The van der Waals surface area contributed by atoms with E-state index in [2.05, 4.69) is 16.7 Å². The van der Waals surface area contributed by atoms with Crippen molar-refractivity contribution in [2.75, 3.05) is 31.2 Å². The number of likely N-dealkylation sites (N-methyl/N-ethyl adjacent to an activating group) is 1. The summed E-state index contributed by atoms with van der Waals surface area (Å²) in [6, 6.07) is 34.1. The number of rotatable bonds is 12. The molecule has 1 heterocycles. The molecule has 1 fully saturated rings. The number of carbonyl (C=O) groups excluding carboxylic acids is 1. The second-order valence-electron chi connectivity index (χ2n) is 11.6. The number of nitrogens with one attached hydrogen (secondary N) is 2. The number of anilines is 2. The van der Waals surface area contributed by atoms with Gasteiger partial charge in [0.2, 0.25) is 5.91 Å². The van der Waals surface area contributed by atoms with Crippen molar-refractivity contribution in [1.82, 2.24) is 10.2 Å². The van der Waals surface area contributed by atoms with Gasteiger partial charge in [-0.05, 0) is 60.1 Å². The minimum atomic E-state index is -1.17. The maximum absolute atomic E-state index is 14.1. The topological polar surface area (TPSA) is 117 Å². The van der Waals surface area contributed by atoms with Crippen LogP contribution in [0.15, 0.2) is 109 Å². The zero-order chi connectivity index (χ0) is 31.6. The Morgan fingerprint density at radius 3 is 2.04 bits per heavy atom. The van der Waals surface area contributed by atoms with Crippen LogP contribution in [-0.4, -0.2) is 60.4 Å². The summed E-state index contributed by atoms with van der Waals surface area (Å²) in [5.41, 5.74) is 11.5. The lowest BCUT2D eigenvalue weighted by Crippen LogP contribution is -2.48. The van der Waals surface area contributed by atoms with Crippen LogP contribution in [0.5, 0.6) is 0 Å². The van der Waals surface area contributed by atoms with E-state index in [1.54, 1.807) is 0 Å². The molecule has 5 rings (SSSR count). The van der Waals surface area contributed by atoms with E-state index in [9.17, 15) is 14.7 Å². The third kappa shape index (κ3) is 8.29. The number of carboxylic acid groups (broad SMARTS) is 1. The Labute approximate surface area is 265 Å². The summed E-state index contributed by atoms with van der Waals surface area (Å²) in [5, 5.41) is 16.8. The number of aryl methyl sites for hydroxylation is 2. The van der Waals surface area contributed by atoms with Gasteiger partial charge in [0, 0.05) is 36.9 Å². The number of morpholine rings is 1. The van der Waals surface area contributed by atoms with Crippen LogP contribution in [-0.2, 0) is 22.4 Å². The molecule has 4 aromatic rings. The first-order valence-corrected chi connectivity index (χ1v) is 15.5. The summed E-state index contributed by atoms with van der Waals surface area (Å²) in [7, 11) is 1.45. The third-order valence-corrected chi connectivity index (χ3v) is 8.62. The molecule has 1 saturated heterocycles. The maximum atomic E-state index is 14.1. The van der Waals surface area contributed by atoms with Gasteiger partial charge in [0.1, 0.15) is 6.04 Å². The smallest absolute Gasteiger partial charge is 0.407 e. The van der Waals surface area contributed by atoms with Crippen LogP contribution in [0, 0.1) is 0 Å². The SMILES string of the molecule is CN(C(=O)O)[C@H](C(=O)Nc1ccccc1CC[C@@H]1CN[C@H](CCc2ccccc2N)CO1)C(c1ccccc1)c1ccccc1. The van der Waals surface area contributed by atoms with Gasteiger partial charge in [0.05, 0.1) is 12.7 Å². The van der Waals surface area contributed by atoms with Gasteiger partial charge >= 0.3 is 6.09 Å². The summed E-state index contributed by atoms with van der Waals surface area (Å²) < 4.78 is 6.22. The predicted molar refractivity (Wildman–Crippen MR) is 178 cm³/mol. The van der Waals surface area contributed by atoms with Crippen molar-refractivity contribution in [2.24, 2.45) is 0 Å². The van der Waals surface area contributed by atoms with Crippen molar-refractivity contribution in [3.63, 3.8) is 0 Å². The lowest BCUT2D eigenvalue weighted by atomic mass is 9.84. The van der Waals surface area contributed by atoms with Gasteiger partial charge in [0.25, 0.3) is 0 Å². The van der Waals surface area contributed by atoms with Crippen LogP contribution in [0.2, 0.25) is 0 Å². The number of carbonyl (C=O) groups is 2. The first kappa shape index (κ1) is 31.8. The van der Waals surface area contributed by atoms with Gasteiger partial charge in [-0.15, -0.1) is 0 Å². The molecule has 1 aliphatic rings. The lowest BCUT2D eigenvalue weighted by Gasteiger charge is -2.33. The molecule has 234 valence electrons. The third-order valence-electron chi connectivity index (χ3n) is 8.62. The highest BCUT2D eigenvalue weighted by Crippen LogP contribution is 2.32. The zero-order valence-electron chi connectivity index (χ0n) is 25.6. The monoisotopic (exact) mass is 606 g/mol. The predicted octanol–water partition coefficient (Wildman–Crippen LogP) is 5.94. The van der Waals surface area contributed by atoms with E-state index in [0.717, 1.165) is 58.6 Å². The standard InChI is InChI=1S/C37H42N4O4/c1-41(37(43)44)35(34(28-14-4-2-5-15-28)29-16-6-3-7-17-29)36(42)40-33-19-11-9-13-27(33)21-23-31-24-39-30(25-45-31)22-20-26-12-8-10-18-32(26)38/h2-19,30-31,34-35,39H,20-25,38H2,1H3,(H,40,42)(H,43,44)/t30-,31-,35+/m1/s1. The van der Waals surface area contributed by atoms with E-state index in [0.29, 0.717) is 18.7 Å². The molecule has 3 atom stereocenters. The molecule has 2 amide bonds. The molecule has 1 aliphatic heterocycles. The molecular weight excluding hydrogens is 564 g/mol. The second kappa shape index (κ2) is 15.4. The highest BCUT2D eigenvalue weighted by molar-refractivity contribution is 5.98. The van der Waals surface area contributed by atoms with Crippen molar-refractivity contribution in [3.8, 4) is 0 Å². The fourth-order valence-corrected chi connectivity index (χ4v) is 6.06. The minimum absolute atomic E-state index is 0.0539. The van der Waals surface area contributed by atoms with E-state index in [1.165, 1.54) is 7.05 Å². The van der Waals surface area contributed by atoms with Crippen LogP contribution in [0.25, 0.3) is 0 Å². The van der Waals surface area contributed by atoms with E-state index in [1.807, 2.05) is 103 Å². The van der Waals surface area contributed by atoms with Crippen LogP contribution < -0.4 is 16.4 Å². The molecule has 8 nitrogen and oxygen atoms in total. The average Bonchev–Trinajstić information content (AvgIpc) is 3.07. The molecule has 0 unspecified atom stereocenters. The Balaban J connectivity index is 1.25. The number of nitrogens with zero attached hydrogens (tertiary/aromatic N) is 1. The molecule has 0 spiro atoms. The van der Waals surface area contributed by atoms with Gasteiger partial charge in [-0.2, -0.15) is 0 Å². The first-order chi connectivity index (χ1) is 21.9. The Kier molecular flexibility index (Phi) is 10.8. The summed E-state index contributed by atoms with van der Waals surface area (Å²) in [4.78, 5) is 27.5. The number of ether oxygens (including phenoxy) is 1. The quantitative estimate of drug-likeness (QED) is 0.148. The van der Waals surface area contributed by atoms with E-state index < -0.39 is 18.1 Å². The molecule has 8 heteroatoms. The Bertz CT molecular complexity index is 1500. The van der Waals surface area contributed by atoms with Crippen LogP contribution in [0.1, 0.15) is 41.0 Å². The molecular formula is C37H42N4O4. The number of amides is 2. The van der Waals surface area contributed by atoms with Crippen molar-refractivity contribution in [3.05, 3.63) is 131 Å². The van der Waals surface area contributed by atoms with E-state index >= 15 is 0 Å². The van der Waals surface area contributed by atoms with Crippen molar-refractivity contribution in [2.45, 2.75) is 49.8 Å². The van der Waals surface area contributed by atoms with Crippen molar-refractivity contribution in [1.29, 1.82) is 0 Å². The summed E-state index contributed by atoms with van der Waals surface area (Å²) in [5.74, 6) is -0.892. The summed E-state index contributed by atoms with van der Waals surface area (Å²) >= 11 is 0. The number of nitrogens with two attached hydrogens (primary N) is 1. The van der Waals surface area contributed by atoms with Gasteiger partial charge in [0.15, 0.2) is 0 Å². The number of hydrogen-bond donors (Lipinski definition) is 4. The van der Waals surface area contributed by atoms with E-state index in [-0.39, 0.29) is 18.1 Å². The molecule has 0 aliphatic carbocycles. The highest BCUT2D eigenvalue weighted by atomic mass is 16.5. The maximum Gasteiger partial charge on any atom is 0.407 e. The highest BCUT2D eigenvalue weighted by Gasteiger charge is 2.37. The number of nitrogen functional groups attached to an aromatic ring is 1. The fraction of sp³-hybridized carbons (Fsp3) is 0.297. The minimum Gasteiger partial charge on any atom is -0.465 e. The van der Waals surface area contributed by atoms with Crippen LogP contribution in [0.3, 0.4) is 0 Å². The van der Waals surface area contributed by atoms with Gasteiger partial charge in [-0.3, -0.25) is 9.69 Å². The number of benzene rings is 4. The van der Waals surface area contributed by atoms with Gasteiger partial charge < -0.3 is 26.2 Å². The van der Waals surface area contributed by atoms with Gasteiger partial charge in [-0.25, -0.2) is 4.79 Å². The number of para-hydroxylation sites is 2. The molecule has 0 radical (unpaired) electrons. The van der Waals surface area contributed by atoms with Crippen molar-refractivity contribution < 1.29 is 19.4 Å². The zero-order valence-corrected chi connectivity index (χ0v) is 25.6. The summed E-state index contributed by atoms with van der Waals surface area (Å²) in [6.45, 7) is 1.39. The molecule has 45 heavy (non-hydrogen) atoms. The normalized spacial score (nSPS) is 17.0. The second-order valence-corrected chi connectivity index (χ2v) is 11.6. The van der Waals surface area contributed by atoms with Gasteiger partial charge in [-0.1, -0.05) is 97.1 Å². The Morgan fingerprint density at radius 1 is 0.867 bits per heavy atom. The molecule has 5 N–H and O–H groups in total. The average molecular weight is 607 g/mol. The molecule has 0 bridgehead atoms.